The minimum atomic E-state index is -0.330. The number of aromatic amines is 1. The third kappa shape index (κ3) is 2.70. The number of nitrogens with one attached hydrogen (secondary N) is 1. The largest absolute Gasteiger partial charge is 0.420 e. The number of allylic oxidation sites excluding steroid dienone is 1. The third-order valence-electron chi connectivity index (χ3n) is 4.47. The Bertz CT molecular complexity index is 1020. The second-order valence-electron chi connectivity index (χ2n) is 6.06. The lowest BCUT2D eigenvalue weighted by Crippen LogP contribution is -2.21. The minimum absolute atomic E-state index is 0.0539. The molecule has 0 bridgehead atoms. The molecule has 1 unspecified atom stereocenters. The molecule has 3 aromatic rings. The smallest absolute Gasteiger partial charge is 0.244 e. The topological polar surface area (TPSA) is 87.7 Å². The van der Waals surface area contributed by atoms with Gasteiger partial charge in [0.15, 0.2) is 0 Å². The second kappa shape index (κ2) is 6.37. The Labute approximate surface area is 149 Å². The molecule has 2 heterocycles. The summed E-state index contributed by atoms with van der Waals surface area (Å²) in [5, 5.41) is 16.8. The van der Waals surface area contributed by atoms with Gasteiger partial charge in [-0.1, -0.05) is 42.5 Å². The number of rotatable bonds is 3. The number of aromatic nitrogens is 2. The Kier molecular flexibility index (Phi) is 3.90. The van der Waals surface area contributed by atoms with Crippen LogP contribution in [0.5, 0.6) is 5.88 Å². The maximum atomic E-state index is 13.2. The van der Waals surface area contributed by atoms with Crippen LogP contribution < -0.4 is 10.5 Å². The van der Waals surface area contributed by atoms with E-state index >= 15 is 0 Å². The van der Waals surface area contributed by atoms with Gasteiger partial charge in [0.05, 0.1) is 16.8 Å². The number of fused-ring (bicyclic) bond motifs is 1. The predicted molar refractivity (Wildman–Crippen MR) is 94.3 cm³/mol. The van der Waals surface area contributed by atoms with Crippen molar-refractivity contribution in [2.45, 2.75) is 12.3 Å². The Hall–Kier alpha value is -3.59. The van der Waals surface area contributed by atoms with Crippen LogP contribution >= 0.6 is 0 Å². The van der Waals surface area contributed by atoms with Gasteiger partial charge in [0.25, 0.3) is 0 Å². The van der Waals surface area contributed by atoms with E-state index in [4.69, 9.17) is 10.5 Å². The molecule has 5 nitrogen and oxygen atoms in total. The van der Waals surface area contributed by atoms with E-state index in [1.807, 2.05) is 30.3 Å². The quantitative estimate of drug-likeness (QED) is 0.758. The predicted octanol–water partition coefficient (Wildman–Crippen LogP) is 3.63. The highest BCUT2D eigenvalue weighted by molar-refractivity contribution is 5.69. The zero-order chi connectivity index (χ0) is 18.1. The molecule has 0 saturated carbocycles. The monoisotopic (exact) mass is 346 g/mol. The van der Waals surface area contributed by atoms with Crippen molar-refractivity contribution in [1.29, 1.82) is 5.26 Å². The number of H-pyrrole nitrogens is 1. The number of benzene rings is 2. The molecule has 1 aromatic heterocycles. The van der Waals surface area contributed by atoms with Crippen molar-refractivity contribution in [3.63, 3.8) is 0 Å². The average Bonchev–Trinajstić information content (AvgIpc) is 3.08. The fraction of sp³-hybridized carbons (Fsp3) is 0.100. The summed E-state index contributed by atoms with van der Waals surface area (Å²) in [6.45, 7) is 0. The van der Waals surface area contributed by atoms with Gasteiger partial charge in [0.2, 0.25) is 11.8 Å². The fourth-order valence-electron chi connectivity index (χ4n) is 3.23. The zero-order valence-electron chi connectivity index (χ0n) is 13.7. The van der Waals surface area contributed by atoms with E-state index < -0.39 is 0 Å². The van der Waals surface area contributed by atoms with Crippen molar-refractivity contribution in [1.82, 2.24) is 10.2 Å². The van der Waals surface area contributed by atoms with Gasteiger partial charge in [-0.25, -0.2) is 4.39 Å². The Balaban J connectivity index is 1.83. The van der Waals surface area contributed by atoms with Gasteiger partial charge in [0.1, 0.15) is 11.9 Å². The van der Waals surface area contributed by atoms with Gasteiger partial charge in [-0.3, -0.25) is 5.10 Å². The molecular weight excluding hydrogens is 331 g/mol. The van der Waals surface area contributed by atoms with Crippen molar-refractivity contribution in [2.75, 3.05) is 0 Å². The molecule has 6 heteroatoms. The van der Waals surface area contributed by atoms with Crippen LogP contribution in [0.4, 0.5) is 4.39 Å². The van der Waals surface area contributed by atoms with Crippen molar-refractivity contribution in [3.8, 4) is 23.2 Å². The molecule has 0 spiro atoms. The lowest BCUT2D eigenvalue weighted by molar-refractivity contribution is 0.374. The van der Waals surface area contributed by atoms with Crippen LogP contribution in [-0.2, 0) is 6.42 Å². The number of nitriles is 1. The highest BCUT2D eigenvalue weighted by Gasteiger charge is 2.34. The van der Waals surface area contributed by atoms with E-state index in [1.54, 1.807) is 12.1 Å². The Morgan fingerprint density at radius 3 is 2.58 bits per heavy atom. The van der Waals surface area contributed by atoms with Crippen LogP contribution in [-0.4, -0.2) is 10.2 Å². The number of nitrogens with two attached hydrogens (primary N) is 1. The molecule has 4 rings (SSSR count). The molecule has 0 fully saturated rings. The molecule has 128 valence electrons. The molecule has 0 amide bonds. The lowest BCUT2D eigenvalue weighted by atomic mass is 9.84. The molecule has 2 aromatic carbocycles. The van der Waals surface area contributed by atoms with E-state index in [-0.39, 0.29) is 17.6 Å². The third-order valence-corrected chi connectivity index (χ3v) is 4.47. The first-order chi connectivity index (χ1) is 12.7. The first-order valence-corrected chi connectivity index (χ1v) is 8.13. The summed E-state index contributed by atoms with van der Waals surface area (Å²) in [5.41, 5.74) is 9.69. The van der Waals surface area contributed by atoms with Crippen molar-refractivity contribution in [3.05, 3.63) is 83.0 Å². The van der Waals surface area contributed by atoms with Crippen LogP contribution in [0, 0.1) is 17.1 Å². The van der Waals surface area contributed by atoms with E-state index in [2.05, 4.69) is 16.3 Å². The number of hydrogen-bond acceptors (Lipinski definition) is 4. The molecular formula is C20H15FN4O. The van der Waals surface area contributed by atoms with Crippen molar-refractivity contribution < 1.29 is 9.13 Å². The summed E-state index contributed by atoms with van der Waals surface area (Å²) in [6, 6.07) is 18.1. The Morgan fingerprint density at radius 1 is 1.15 bits per heavy atom. The molecule has 26 heavy (non-hydrogen) atoms. The second-order valence-corrected chi connectivity index (χ2v) is 6.06. The maximum absolute atomic E-state index is 13.2. The summed E-state index contributed by atoms with van der Waals surface area (Å²) in [6.07, 6.45) is 0.486. The average molecular weight is 346 g/mol. The number of halogens is 1. The number of ether oxygens (including phenoxy) is 1. The number of nitrogens with zero attached hydrogens (tertiary/aromatic N) is 2. The van der Waals surface area contributed by atoms with Crippen molar-refractivity contribution in [2.24, 2.45) is 5.73 Å². The lowest BCUT2D eigenvalue weighted by Gasteiger charge is -2.23. The van der Waals surface area contributed by atoms with Gasteiger partial charge >= 0.3 is 0 Å². The molecule has 0 saturated heterocycles. The zero-order valence-corrected chi connectivity index (χ0v) is 13.7. The fourth-order valence-corrected chi connectivity index (χ4v) is 3.23. The van der Waals surface area contributed by atoms with Crippen LogP contribution in [0.15, 0.2) is 66.1 Å². The highest BCUT2D eigenvalue weighted by Crippen LogP contribution is 2.43. The van der Waals surface area contributed by atoms with Crippen LogP contribution in [0.1, 0.15) is 17.0 Å². The summed E-state index contributed by atoms with van der Waals surface area (Å²) >= 11 is 0. The van der Waals surface area contributed by atoms with Gasteiger partial charge < -0.3 is 10.5 Å². The molecule has 0 aliphatic carbocycles. The summed E-state index contributed by atoms with van der Waals surface area (Å²) in [5.74, 6) is -0.209. The summed E-state index contributed by atoms with van der Waals surface area (Å²) in [7, 11) is 0. The van der Waals surface area contributed by atoms with Gasteiger partial charge in [-0.15, -0.1) is 5.10 Å². The Morgan fingerprint density at radius 2 is 1.88 bits per heavy atom. The van der Waals surface area contributed by atoms with E-state index in [0.717, 1.165) is 22.4 Å². The molecule has 1 aliphatic heterocycles. The molecule has 3 N–H and O–H groups in total. The van der Waals surface area contributed by atoms with Gasteiger partial charge in [-0.2, -0.15) is 5.26 Å². The van der Waals surface area contributed by atoms with E-state index in [1.165, 1.54) is 12.1 Å². The minimum Gasteiger partial charge on any atom is -0.420 e. The standard InChI is InChI=1S/C20H15FN4O/c21-14-8-6-12(7-9-14)10-15-16(11-22)19(23)26-20-17(15)18(24-25-20)13-4-2-1-3-5-13/h1-9,15H,10,23H2,(H,24,25). The van der Waals surface area contributed by atoms with Crippen molar-refractivity contribution >= 4 is 0 Å². The first kappa shape index (κ1) is 15.9. The van der Waals surface area contributed by atoms with E-state index in [9.17, 15) is 9.65 Å². The first-order valence-electron chi connectivity index (χ1n) is 8.13. The normalized spacial score (nSPS) is 15.9. The molecule has 1 aliphatic rings. The van der Waals surface area contributed by atoms with Gasteiger partial charge in [0, 0.05) is 5.92 Å². The van der Waals surface area contributed by atoms with Crippen LogP contribution in [0.3, 0.4) is 0 Å². The van der Waals surface area contributed by atoms with Crippen LogP contribution in [0.25, 0.3) is 11.3 Å². The molecule has 0 radical (unpaired) electrons. The van der Waals surface area contributed by atoms with Crippen LogP contribution in [0.2, 0.25) is 0 Å². The molecule has 1 atom stereocenters. The van der Waals surface area contributed by atoms with E-state index in [0.29, 0.717) is 17.9 Å². The number of hydrogen-bond donors (Lipinski definition) is 2. The SMILES string of the molecule is N#CC1=C(N)Oc2n[nH]c(-c3ccccc3)c2C1Cc1ccc(F)cc1. The highest BCUT2D eigenvalue weighted by atomic mass is 19.1. The summed E-state index contributed by atoms with van der Waals surface area (Å²) in [4.78, 5) is 0. The maximum Gasteiger partial charge on any atom is 0.244 e. The van der Waals surface area contributed by atoms with Gasteiger partial charge in [-0.05, 0) is 29.7 Å². The summed E-state index contributed by atoms with van der Waals surface area (Å²) < 4.78 is 18.8.